The molecule has 1 fully saturated rings. The number of carbonyl (C=O) groups is 2. The quantitative estimate of drug-likeness (QED) is 0.342. The second kappa shape index (κ2) is 10.6. The Morgan fingerprint density at radius 1 is 1.29 bits per heavy atom. The summed E-state index contributed by atoms with van der Waals surface area (Å²) >= 11 is 1.27. The summed E-state index contributed by atoms with van der Waals surface area (Å²) in [5.74, 6) is 0.428. The number of carbonyl (C=O) groups excluding carboxylic acids is 2. The number of anilines is 1. The molecule has 3 amide bonds. The molecule has 0 saturated carbocycles. The molecule has 152 valence electrons. The van der Waals surface area contributed by atoms with Crippen LogP contribution < -0.4 is 16.1 Å². The maximum absolute atomic E-state index is 12.4. The van der Waals surface area contributed by atoms with E-state index < -0.39 is 6.03 Å². The van der Waals surface area contributed by atoms with Crippen molar-refractivity contribution in [1.82, 2.24) is 25.6 Å². The Labute approximate surface area is 168 Å². The molecular weight excluding hydrogens is 380 g/mol. The third-order valence-corrected chi connectivity index (χ3v) is 4.74. The second-order valence-corrected chi connectivity index (χ2v) is 7.07. The molecule has 0 spiro atoms. The highest BCUT2D eigenvalue weighted by Crippen LogP contribution is 2.16. The standard InChI is InChI=1S/C18H26N6O3S/c1-13(5-6-14(2)27-19-3)20-17(26)22-18-21-15(12-28-18)11-16(25)24-9-7-23(4)8-10-24/h5-6,12,19H,1-2,7-11H2,3-4H3,(H2,20,21,22,26)/b6-5-. The largest absolute Gasteiger partial charge is 0.410 e. The first-order valence-electron chi connectivity index (χ1n) is 8.75. The van der Waals surface area contributed by atoms with Crippen LogP contribution in [0.2, 0.25) is 0 Å². The number of nitrogens with one attached hydrogen (secondary N) is 3. The van der Waals surface area contributed by atoms with E-state index in [0.717, 1.165) is 26.2 Å². The lowest BCUT2D eigenvalue weighted by atomic mass is 10.2. The van der Waals surface area contributed by atoms with Gasteiger partial charge in [0.1, 0.15) is 5.76 Å². The van der Waals surface area contributed by atoms with Gasteiger partial charge in [-0.25, -0.2) is 9.78 Å². The summed E-state index contributed by atoms with van der Waals surface area (Å²) in [5.41, 5.74) is 3.49. The summed E-state index contributed by atoms with van der Waals surface area (Å²) in [6, 6.07) is -0.471. The molecule has 1 aromatic heterocycles. The van der Waals surface area contributed by atoms with Crippen LogP contribution in [0.15, 0.2) is 42.1 Å². The summed E-state index contributed by atoms with van der Waals surface area (Å²) in [6.45, 7) is 10.6. The molecule has 2 rings (SSSR count). The molecule has 0 unspecified atom stereocenters. The third kappa shape index (κ3) is 7.14. The highest BCUT2D eigenvalue weighted by molar-refractivity contribution is 7.13. The molecule has 0 bridgehead atoms. The van der Waals surface area contributed by atoms with Gasteiger partial charge in [0.05, 0.1) is 12.1 Å². The zero-order valence-corrected chi connectivity index (χ0v) is 17.0. The van der Waals surface area contributed by atoms with E-state index in [4.69, 9.17) is 4.84 Å². The van der Waals surface area contributed by atoms with Gasteiger partial charge in [-0.2, -0.15) is 5.48 Å². The van der Waals surface area contributed by atoms with Crippen molar-refractivity contribution in [2.75, 3.05) is 45.6 Å². The SMILES string of the molecule is C=C(/C=C\C(=C)ONC)NC(=O)Nc1nc(CC(=O)N2CCN(C)CC2)cs1. The lowest BCUT2D eigenvalue weighted by Crippen LogP contribution is -2.47. The maximum Gasteiger partial charge on any atom is 0.325 e. The van der Waals surface area contributed by atoms with Crippen molar-refractivity contribution < 1.29 is 14.4 Å². The molecule has 3 N–H and O–H groups in total. The van der Waals surface area contributed by atoms with Crippen molar-refractivity contribution in [1.29, 1.82) is 0 Å². The van der Waals surface area contributed by atoms with Crippen LogP contribution in [0.3, 0.4) is 0 Å². The number of piperazine rings is 1. The Balaban J connectivity index is 1.78. The van der Waals surface area contributed by atoms with Crippen LogP contribution in [0.5, 0.6) is 0 Å². The van der Waals surface area contributed by atoms with Gasteiger partial charge in [-0.3, -0.25) is 10.1 Å². The Morgan fingerprint density at radius 2 is 2.00 bits per heavy atom. The number of hydroxylamine groups is 1. The van der Waals surface area contributed by atoms with Crippen LogP contribution in [-0.2, 0) is 16.1 Å². The zero-order valence-electron chi connectivity index (χ0n) is 16.2. The predicted octanol–water partition coefficient (Wildman–Crippen LogP) is 1.32. The molecule has 28 heavy (non-hydrogen) atoms. The van der Waals surface area contributed by atoms with Crippen LogP contribution in [0.4, 0.5) is 9.93 Å². The Hall–Kier alpha value is -2.69. The Kier molecular flexibility index (Phi) is 8.18. The normalized spacial score (nSPS) is 14.7. The van der Waals surface area contributed by atoms with Gasteiger partial charge < -0.3 is 20.0 Å². The fourth-order valence-corrected chi connectivity index (χ4v) is 3.15. The lowest BCUT2D eigenvalue weighted by Gasteiger charge is -2.32. The van der Waals surface area contributed by atoms with Gasteiger partial charge in [-0.05, 0) is 19.2 Å². The van der Waals surface area contributed by atoms with Gasteiger partial charge >= 0.3 is 6.03 Å². The summed E-state index contributed by atoms with van der Waals surface area (Å²) in [4.78, 5) is 37.6. The van der Waals surface area contributed by atoms with Gasteiger partial charge in [0.15, 0.2) is 5.13 Å². The Morgan fingerprint density at radius 3 is 2.68 bits per heavy atom. The molecule has 1 aliphatic rings. The van der Waals surface area contributed by atoms with Crippen LogP contribution in [0, 0.1) is 0 Å². The average Bonchev–Trinajstić information content (AvgIpc) is 3.07. The number of amides is 3. The molecular formula is C18H26N6O3S. The molecule has 9 nitrogen and oxygen atoms in total. The van der Waals surface area contributed by atoms with Crippen molar-refractivity contribution in [3.63, 3.8) is 0 Å². The molecule has 1 saturated heterocycles. The lowest BCUT2D eigenvalue weighted by molar-refractivity contribution is -0.132. The summed E-state index contributed by atoms with van der Waals surface area (Å²) < 4.78 is 0. The molecule has 1 aromatic rings. The monoisotopic (exact) mass is 406 g/mol. The van der Waals surface area contributed by atoms with Crippen molar-refractivity contribution in [3.8, 4) is 0 Å². The highest BCUT2D eigenvalue weighted by atomic mass is 32.1. The van der Waals surface area contributed by atoms with Gasteiger partial charge in [0.2, 0.25) is 5.91 Å². The van der Waals surface area contributed by atoms with Crippen LogP contribution >= 0.6 is 11.3 Å². The van der Waals surface area contributed by atoms with Gasteiger partial charge in [-0.1, -0.05) is 13.2 Å². The molecule has 10 heteroatoms. The first-order chi connectivity index (χ1) is 13.4. The van der Waals surface area contributed by atoms with Crippen molar-refractivity contribution in [2.45, 2.75) is 6.42 Å². The number of urea groups is 1. The Bertz CT molecular complexity index is 752. The number of likely N-dealkylation sites (N-methyl/N-ethyl adjacent to an activating group) is 1. The fraction of sp³-hybridized carbons (Fsp3) is 0.389. The topological polar surface area (TPSA) is 98.8 Å². The van der Waals surface area contributed by atoms with E-state index in [1.54, 1.807) is 24.6 Å². The molecule has 0 atom stereocenters. The van der Waals surface area contributed by atoms with E-state index in [1.165, 1.54) is 11.3 Å². The number of hydrogen-bond donors (Lipinski definition) is 3. The number of hydrogen-bond acceptors (Lipinski definition) is 7. The fourth-order valence-electron chi connectivity index (χ4n) is 2.44. The highest BCUT2D eigenvalue weighted by Gasteiger charge is 2.20. The van der Waals surface area contributed by atoms with Crippen LogP contribution in [-0.4, -0.2) is 67.0 Å². The minimum atomic E-state index is -0.471. The van der Waals surface area contributed by atoms with Crippen molar-refractivity contribution in [3.05, 3.63) is 47.8 Å². The maximum atomic E-state index is 12.4. The molecule has 0 aromatic carbocycles. The molecule has 2 heterocycles. The van der Waals surface area contributed by atoms with Crippen LogP contribution in [0.25, 0.3) is 0 Å². The third-order valence-electron chi connectivity index (χ3n) is 3.94. The second-order valence-electron chi connectivity index (χ2n) is 6.22. The van der Waals surface area contributed by atoms with Crippen molar-refractivity contribution >= 4 is 28.4 Å². The van der Waals surface area contributed by atoms with Crippen LogP contribution in [0.1, 0.15) is 5.69 Å². The molecule has 0 radical (unpaired) electrons. The van der Waals surface area contributed by atoms with Gasteiger partial charge in [0, 0.05) is 44.3 Å². The summed E-state index contributed by atoms with van der Waals surface area (Å²) in [5, 5.41) is 7.39. The minimum Gasteiger partial charge on any atom is -0.410 e. The van der Waals surface area contributed by atoms with E-state index in [1.807, 2.05) is 11.9 Å². The summed E-state index contributed by atoms with van der Waals surface area (Å²) in [7, 11) is 3.66. The average molecular weight is 407 g/mol. The number of thiazole rings is 1. The number of nitrogens with zero attached hydrogens (tertiary/aromatic N) is 3. The minimum absolute atomic E-state index is 0.0527. The number of aromatic nitrogens is 1. The molecule has 1 aliphatic heterocycles. The predicted molar refractivity (Wildman–Crippen MR) is 110 cm³/mol. The van der Waals surface area contributed by atoms with E-state index in [9.17, 15) is 9.59 Å². The van der Waals surface area contributed by atoms with Crippen molar-refractivity contribution in [2.24, 2.45) is 0 Å². The van der Waals surface area contributed by atoms with E-state index in [0.29, 0.717) is 22.3 Å². The smallest absolute Gasteiger partial charge is 0.325 e. The summed E-state index contributed by atoms with van der Waals surface area (Å²) in [6.07, 6.45) is 3.35. The van der Waals surface area contributed by atoms with Gasteiger partial charge in [-0.15, -0.1) is 11.3 Å². The molecule has 0 aliphatic carbocycles. The van der Waals surface area contributed by atoms with E-state index in [-0.39, 0.29) is 12.3 Å². The first kappa shape index (κ1) is 21.6. The number of allylic oxidation sites excluding steroid dienone is 2. The zero-order chi connectivity index (χ0) is 20.5. The van der Waals surface area contributed by atoms with E-state index >= 15 is 0 Å². The number of rotatable bonds is 8. The van der Waals surface area contributed by atoms with Gasteiger partial charge in [0.25, 0.3) is 0 Å². The first-order valence-corrected chi connectivity index (χ1v) is 9.63. The van der Waals surface area contributed by atoms with E-state index in [2.05, 4.69) is 39.2 Å².